The average molecular weight is 775 g/mol. The predicted octanol–water partition coefficient (Wildman–Crippen LogP) is 6.09. The number of fused-ring (bicyclic) bond motifs is 1. The fourth-order valence-electron chi connectivity index (χ4n) is 6.02. The van der Waals surface area contributed by atoms with Gasteiger partial charge in [0.15, 0.2) is 21.3 Å². The number of hydrogen-bond acceptors (Lipinski definition) is 12. The lowest BCUT2D eigenvalue weighted by atomic mass is 10.0. The molecule has 1 fully saturated rings. The summed E-state index contributed by atoms with van der Waals surface area (Å²) < 4.78 is 88.9. The van der Waals surface area contributed by atoms with E-state index in [1.165, 1.54) is 39.2 Å². The number of methoxy groups -OCH3 is 3. The zero-order chi connectivity index (χ0) is 39.5. The molecule has 1 aromatic heterocycles. The number of nitrogens with zero attached hydrogens (tertiary/aromatic N) is 3. The summed E-state index contributed by atoms with van der Waals surface area (Å²) in [6.07, 6.45) is -6.24. The molecule has 5 rings (SSSR count). The topological polar surface area (TPSA) is 177 Å². The Bertz CT molecular complexity index is 2180. The van der Waals surface area contributed by atoms with Crippen LogP contribution in [0.2, 0.25) is 0 Å². The smallest absolute Gasteiger partial charge is 0.493 e. The van der Waals surface area contributed by atoms with Gasteiger partial charge in [-0.1, -0.05) is 6.07 Å². The van der Waals surface area contributed by atoms with Gasteiger partial charge in [-0.2, -0.15) is 13.2 Å². The molecule has 0 saturated carbocycles. The van der Waals surface area contributed by atoms with Crippen molar-refractivity contribution in [1.29, 1.82) is 0 Å². The average Bonchev–Trinajstić information content (AvgIpc) is 3.64. The van der Waals surface area contributed by atoms with E-state index in [2.05, 4.69) is 14.6 Å². The number of hydrogen-bond donors (Lipinski definition) is 1. The maximum atomic E-state index is 14.8. The van der Waals surface area contributed by atoms with Crippen molar-refractivity contribution in [2.75, 3.05) is 38.7 Å². The molecule has 2 atom stereocenters. The van der Waals surface area contributed by atoms with Crippen LogP contribution in [0.25, 0.3) is 10.8 Å². The van der Waals surface area contributed by atoms with Crippen molar-refractivity contribution in [2.45, 2.75) is 55.2 Å². The highest BCUT2D eigenvalue weighted by molar-refractivity contribution is 7.92. The number of halogens is 3. The molecule has 1 aliphatic rings. The van der Waals surface area contributed by atoms with E-state index in [0.29, 0.717) is 40.1 Å². The Morgan fingerprint density at radius 3 is 2.33 bits per heavy atom. The summed E-state index contributed by atoms with van der Waals surface area (Å²) in [7, 11) is -0.389. The van der Waals surface area contributed by atoms with Crippen molar-refractivity contribution in [3.05, 3.63) is 78.0 Å². The monoisotopic (exact) mass is 774 g/mol. The molecular weight excluding hydrogens is 737 g/mol. The number of carbonyl (C=O) groups is 3. The first kappa shape index (κ1) is 39.4. The van der Waals surface area contributed by atoms with E-state index < -0.39 is 57.1 Å². The fraction of sp³-hybridized carbons (Fsp3) is 0.333. The summed E-state index contributed by atoms with van der Waals surface area (Å²) in [5.41, 5.74) is 5.88. The molecule has 0 spiro atoms. The Hall–Kier alpha value is -5.78. The summed E-state index contributed by atoms with van der Waals surface area (Å²) >= 11 is 0. The number of pyridine rings is 1. The largest absolute Gasteiger partial charge is 0.493 e. The highest BCUT2D eigenvalue weighted by Crippen LogP contribution is 2.42. The second-order valence-electron chi connectivity index (χ2n) is 12.3. The van der Waals surface area contributed by atoms with Gasteiger partial charge in [0.05, 0.1) is 43.2 Å². The van der Waals surface area contributed by atoms with Crippen LogP contribution >= 0.6 is 0 Å². The second-order valence-corrected chi connectivity index (χ2v) is 14.8. The molecule has 0 bridgehead atoms. The number of amides is 2. The molecule has 0 unspecified atom stereocenters. The van der Waals surface area contributed by atoms with E-state index in [9.17, 15) is 36.0 Å². The number of ether oxygens (including phenoxy) is 4. The molecule has 1 saturated heterocycles. The van der Waals surface area contributed by atoms with Gasteiger partial charge >= 0.3 is 18.2 Å². The molecule has 0 aliphatic carbocycles. The van der Waals surface area contributed by atoms with Crippen molar-refractivity contribution >= 4 is 50.1 Å². The lowest BCUT2D eigenvalue weighted by Crippen LogP contribution is -2.39. The molecule has 2 amide bonds. The van der Waals surface area contributed by atoms with Gasteiger partial charge in [0.25, 0.3) is 5.91 Å². The van der Waals surface area contributed by atoms with E-state index in [1.807, 2.05) is 0 Å². The molecule has 2 N–H and O–H groups in total. The van der Waals surface area contributed by atoms with E-state index in [-0.39, 0.29) is 34.2 Å². The molecule has 14 nitrogen and oxygen atoms in total. The third-order valence-electron chi connectivity index (χ3n) is 8.75. The van der Waals surface area contributed by atoms with Crippen LogP contribution in [0.4, 0.5) is 29.5 Å². The fourth-order valence-corrected chi connectivity index (χ4v) is 7.31. The van der Waals surface area contributed by atoms with Crippen molar-refractivity contribution < 1.29 is 59.8 Å². The molecule has 2 heterocycles. The van der Waals surface area contributed by atoms with Crippen molar-refractivity contribution in [3.8, 4) is 17.2 Å². The molecule has 0 radical (unpaired) electrons. The second kappa shape index (κ2) is 15.7. The van der Waals surface area contributed by atoms with E-state index in [0.717, 1.165) is 25.3 Å². The highest BCUT2D eigenvalue weighted by Gasteiger charge is 2.45. The number of benzene rings is 3. The third kappa shape index (κ3) is 7.92. The predicted molar refractivity (Wildman–Crippen MR) is 189 cm³/mol. The van der Waals surface area contributed by atoms with Gasteiger partial charge < -0.3 is 34.4 Å². The lowest BCUT2D eigenvalue weighted by molar-refractivity contribution is -0.200. The van der Waals surface area contributed by atoms with Crippen molar-refractivity contribution in [1.82, 2.24) is 9.88 Å². The Morgan fingerprint density at radius 2 is 1.69 bits per heavy atom. The first-order valence-corrected chi connectivity index (χ1v) is 17.9. The van der Waals surface area contributed by atoms with Crippen LogP contribution in [-0.2, 0) is 29.0 Å². The zero-order valence-electron chi connectivity index (χ0n) is 29.7. The molecule has 4 aromatic rings. The normalized spacial score (nSPS) is 15.1. The van der Waals surface area contributed by atoms with Crippen LogP contribution < -0.4 is 25.0 Å². The number of anilines is 2. The zero-order valence-corrected chi connectivity index (χ0v) is 30.6. The summed E-state index contributed by atoms with van der Waals surface area (Å²) in [6.45, 7) is 2.99. The first-order chi connectivity index (χ1) is 25.5. The standard InChI is InChI=1S/C36H37F3N4O10S/c1-20(2)54(47,48)30-13-9-23(43(35(46)51-5)53-34(45)36(37,38)39)19-26(30)27-7-6-16-42(27)33(44)31(22-8-12-28(49-3)29(18-22)50-4)52-24-10-11-25-21(17-24)14-15-41-32(25)40/h8-15,17-20,27,31H,6-7,16H2,1-5H3,(H2,40,41)/t27-,31+/m1/s1. The van der Waals surface area contributed by atoms with Crippen LogP contribution in [0.3, 0.4) is 0 Å². The number of alkyl halides is 3. The van der Waals surface area contributed by atoms with Gasteiger partial charge in [0.2, 0.25) is 6.10 Å². The van der Waals surface area contributed by atoms with Crippen LogP contribution in [-0.4, -0.2) is 75.6 Å². The van der Waals surface area contributed by atoms with Gasteiger partial charge in [-0.25, -0.2) is 23.0 Å². The number of rotatable bonds is 10. The van der Waals surface area contributed by atoms with Gasteiger partial charge in [-0.05, 0) is 92.2 Å². The summed E-state index contributed by atoms with van der Waals surface area (Å²) in [6, 6.07) is 13.6. The number of nitrogen functional groups attached to an aromatic ring is 1. The Morgan fingerprint density at radius 1 is 0.963 bits per heavy atom. The SMILES string of the molecule is COC(=O)N(OC(=O)C(F)(F)F)c1ccc(S(=O)(=O)C(C)C)c([C@H]2CCCN2C(=O)[C@@H](Oc2ccc3c(N)nccc3c2)c2ccc(OC)c(OC)c2)c1. The van der Waals surface area contributed by atoms with E-state index >= 15 is 0 Å². The number of carbonyl (C=O) groups excluding carboxylic acids is 3. The summed E-state index contributed by atoms with van der Waals surface area (Å²) in [5.74, 6) is -2.09. The Kier molecular flexibility index (Phi) is 11.4. The van der Waals surface area contributed by atoms with E-state index in [4.69, 9.17) is 19.9 Å². The van der Waals surface area contributed by atoms with Gasteiger partial charge in [-0.15, -0.1) is 5.06 Å². The maximum absolute atomic E-state index is 14.8. The number of hydroxylamine groups is 1. The van der Waals surface area contributed by atoms with Gasteiger partial charge in [-0.3, -0.25) is 4.79 Å². The van der Waals surface area contributed by atoms with Gasteiger partial charge in [0.1, 0.15) is 11.6 Å². The molecule has 288 valence electrons. The lowest BCUT2D eigenvalue weighted by Gasteiger charge is -2.31. The van der Waals surface area contributed by atoms with Crippen LogP contribution in [0.1, 0.15) is 50.0 Å². The molecule has 1 aliphatic heterocycles. The molecular formula is C36H37F3N4O10S. The summed E-state index contributed by atoms with van der Waals surface area (Å²) in [4.78, 5) is 48.8. The third-order valence-corrected chi connectivity index (χ3v) is 11.0. The minimum atomic E-state index is -5.49. The number of likely N-dealkylation sites (tertiary alicyclic amines) is 1. The minimum Gasteiger partial charge on any atom is -0.493 e. The minimum absolute atomic E-state index is 0.0379. The maximum Gasteiger partial charge on any atom is 0.493 e. The summed E-state index contributed by atoms with van der Waals surface area (Å²) in [5, 5.41) is 0.329. The van der Waals surface area contributed by atoms with Crippen LogP contribution in [0.5, 0.6) is 17.2 Å². The Balaban J connectivity index is 1.64. The number of nitrogens with two attached hydrogens (primary N) is 1. The van der Waals surface area contributed by atoms with Crippen LogP contribution in [0.15, 0.2) is 71.8 Å². The van der Waals surface area contributed by atoms with Crippen LogP contribution in [0, 0.1) is 0 Å². The first-order valence-electron chi connectivity index (χ1n) is 16.4. The Labute approximate surface area is 308 Å². The van der Waals surface area contributed by atoms with Crippen molar-refractivity contribution in [2.24, 2.45) is 0 Å². The molecule has 18 heteroatoms. The quantitative estimate of drug-likeness (QED) is 0.184. The van der Waals surface area contributed by atoms with Gasteiger partial charge in [0, 0.05) is 23.7 Å². The van der Waals surface area contributed by atoms with E-state index in [1.54, 1.807) is 42.5 Å². The number of sulfone groups is 1. The highest BCUT2D eigenvalue weighted by atomic mass is 32.2. The van der Waals surface area contributed by atoms with Crippen molar-refractivity contribution in [3.63, 3.8) is 0 Å². The molecule has 3 aromatic carbocycles. The molecule has 54 heavy (non-hydrogen) atoms. The number of aromatic nitrogens is 1.